The molecule has 0 aromatic heterocycles. The number of aromatic carboxylic acids is 1. The van der Waals surface area contributed by atoms with Crippen LogP contribution in [0.1, 0.15) is 41.8 Å². The van der Waals surface area contributed by atoms with E-state index in [9.17, 15) is 13.2 Å². The van der Waals surface area contributed by atoms with Crippen LogP contribution in [0.3, 0.4) is 0 Å². The van der Waals surface area contributed by atoms with E-state index in [1.807, 2.05) is 13.8 Å². The SMILES string of the molecule is CCC(C)N(C)S(=O)(=O)c1cc(C(=O)O)cc(C)c1C. The van der Waals surface area contributed by atoms with Crippen molar-refractivity contribution in [3.05, 3.63) is 28.8 Å². The number of carbonyl (C=O) groups is 1. The van der Waals surface area contributed by atoms with Gasteiger partial charge in [0.25, 0.3) is 0 Å². The first-order chi connectivity index (χ1) is 9.12. The maximum absolute atomic E-state index is 12.6. The number of carboxylic acids is 1. The Bertz CT molecular complexity index is 622. The molecular formula is C14H21NO4S. The second-order valence-electron chi connectivity index (χ2n) is 5.00. The Kier molecular flexibility index (Phi) is 4.94. The van der Waals surface area contributed by atoms with Crippen LogP contribution < -0.4 is 0 Å². The molecule has 1 rings (SSSR count). The molecule has 0 fully saturated rings. The predicted molar refractivity (Wildman–Crippen MR) is 77.6 cm³/mol. The van der Waals surface area contributed by atoms with Crippen molar-refractivity contribution < 1.29 is 18.3 Å². The lowest BCUT2D eigenvalue weighted by molar-refractivity contribution is 0.0696. The number of aryl methyl sites for hydroxylation is 1. The molecule has 20 heavy (non-hydrogen) atoms. The minimum atomic E-state index is -3.69. The zero-order chi connectivity index (χ0) is 15.7. The number of hydrogen-bond donors (Lipinski definition) is 1. The number of rotatable bonds is 5. The van der Waals surface area contributed by atoms with Gasteiger partial charge in [0.1, 0.15) is 0 Å². The fourth-order valence-electron chi connectivity index (χ4n) is 1.87. The lowest BCUT2D eigenvalue weighted by Gasteiger charge is -2.24. The van der Waals surface area contributed by atoms with Gasteiger partial charge in [0.2, 0.25) is 10.0 Å². The Hall–Kier alpha value is -1.40. The first-order valence-electron chi connectivity index (χ1n) is 6.45. The number of sulfonamides is 1. The summed E-state index contributed by atoms with van der Waals surface area (Å²) in [5.41, 5.74) is 1.23. The average molecular weight is 299 g/mol. The highest BCUT2D eigenvalue weighted by molar-refractivity contribution is 7.89. The molecule has 0 saturated carbocycles. The molecule has 1 N–H and O–H groups in total. The summed E-state index contributed by atoms with van der Waals surface area (Å²) in [6.45, 7) is 7.13. The summed E-state index contributed by atoms with van der Waals surface area (Å²) >= 11 is 0. The summed E-state index contributed by atoms with van der Waals surface area (Å²) in [4.78, 5) is 11.2. The van der Waals surface area contributed by atoms with Crippen molar-refractivity contribution in [2.24, 2.45) is 0 Å². The van der Waals surface area contributed by atoms with Crippen LogP contribution in [0.5, 0.6) is 0 Å². The molecule has 6 heteroatoms. The molecule has 0 aliphatic rings. The second kappa shape index (κ2) is 5.93. The third kappa shape index (κ3) is 3.02. The summed E-state index contributed by atoms with van der Waals surface area (Å²) in [7, 11) is -2.17. The Morgan fingerprint density at radius 1 is 1.35 bits per heavy atom. The molecule has 0 aliphatic heterocycles. The van der Waals surface area contributed by atoms with Gasteiger partial charge in [0.15, 0.2) is 0 Å². The van der Waals surface area contributed by atoms with Gasteiger partial charge in [-0.15, -0.1) is 0 Å². The van der Waals surface area contributed by atoms with Crippen molar-refractivity contribution in [1.29, 1.82) is 0 Å². The van der Waals surface area contributed by atoms with Crippen LogP contribution in [0, 0.1) is 13.8 Å². The maximum Gasteiger partial charge on any atom is 0.335 e. The molecule has 0 aliphatic carbocycles. The molecular weight excluding hydrogens is 278 g/mol. The van der Waals surface area contributed by atoms with E-state index in [2.05, 4.69) is 0 Å². The Morgan fingerprint density at radius 2 is 1.90 bits per heavy atom. The van der Waals surface area contributed by atoms with E-state index < -0.39 is 16.0 Å². The summed E-state index contributed by atoms with van der Waals surface area (Å²) in [5, 5.41) is 9.08. The molecule has 1 unspecified atom stereocenters. The zero-order valence-corrected chi connectivity index (χ0v) is 13.3. The highest BCUT2D eigenvalue weighted by Crippen LogP contribution is 2.25. The van der Waals surface area contributed by atoms with Crippen LogP contribution >= 0.6 is 0 Å². The summed E-state index contributed by atoms with van der Waals surface area (Å²) in [6, 6.07) is 2.58. The normalized spacial score (nSPS) is 13.5. The number of nitrogens with zero attached hydrogens (tertiary/aromatic N) is 1. The molecule has 0 bridgehead atoms. The van der Waals surface area contributed by atoms with Gasteiger partial charge in [-0.3, -0.25) is 0 Å². The average Bonchev–Trinajstić information content (AvgIpc) is 2.39. The van der Waals surface area contributed by atoms with Gasteiger partial charge in [-0.05, 0) is 50.5 Å². The van der Waals surface area contributed by atoms with Crippen molar-refractivity contribution >= 4 is 16.0 Å². The second-order valence-corrected chi connectivity index (χ2v) is 6.97. The molecule has 112 valence electrons. The molecule has 1 aromatic carbocycles. The zero-order valence-electron chi connectivity index (χ0n) is 12.5. The van der Waals surface area contributed by atoms with Crippen LogP contribution in [0.2, 0.25) is 0 Å². The quantitative estimate of drug-likeness (QED) is 0.906. The van der Waals surface area contributed by atoms with E-state index in [1.165, 1.54) is 23.5 Å². The van der Waals surface area contributed by atoms with Crippen molar-refractivity contribution in [1.82, 2.24) is 4.31 Å². The van der Waals surface area contributed by atoms with Gasteiger partial charge >= 0.3 is 5.97 Å². The molecule has 0 amide bonds. The van der Waals surface area contributed by atoms with E-state index in [0.29, 0.717) is 17.5 Å². The largest absolute Gasteiger partial charge is 0.478 e. The van der Waals surface area contributed by atoms with Gasteiger partial charge in [0.05, 0.1) is 10.5 Å². The molecule has 0 radical (unpaired) electrons. The van der Waals surface area contributed by atoms with E-state index in [0.717, 1.165) is 0 Å². The molecule has 0 spiro atoms. The van der Waals surface area contributed by atoms with Crippen LogP contribution in [-0.4, -0.2) is 36.9 Å². The van der Waals surface area contributed by atoms with Gasteiger partial charge in [-0.25, -0.2) is 13.2 Å². The Morgan fingerprint density at radius 3 is 2.35 bits per heavy atom. The minimum Gasteiger partial charge on any atom is -0.478 e. The molecule has 1 atom stereocenters. The smallest absolute Gasteiger partial charge is 0.335 e. The summed E-state index contributed by atoms with van der Waals surface area (Å²) < 4.78 is 26.5. The van der Waals surface area contributed by atoms with Crippen molar-refractivity contribution in [3.8, 4) is 0 Å². The highest BCUT2D eigenvalue weighted by Gasteiger charge is 2.27. The van der Waals surface area contributed by atoms with Crippen molar-refractivity contribution in [3.63, 3.8) is 0 Å². The van der Waals surface area contributed by atoms with Gasteiger partial charge in [-0.1, -0.05) is 6.92 Å². The Balaban J connectivity index is 3.49. The predicted octanol–water partition coefficient (Wildman–Crippen LogP) is 2.42. The number of hydrogen-bond acceptors (Lipinski definition) is 3. The lowest BCUT2D eigenvalue weighted by Crippen LogP contribution is -2.35. The first kappa shape index (κ1) is 16.7. The fourth-order valence-corrected chi connectivity index (χ4v) is 3.62. The van der Waals surface area contributed by atoms with Gasteiger partial charge in [0, 0.05) is 13.1 Å². The van der Waals surface area contributed by atoms with Gasteiger partial charge < -0.3 is 5.11 Å². The minimum absolute atomic E-state index is 0.00998. The maximum atomic E-state index is 12.6. The third-order valence-corrected chi connectivity index (χ3v) is 5.83. The monoisotopic (exact) mass is 299 g/mol. The van der Waals surface area contributed by atoms with Crippen molar-refractivity contribution in [2.75, 3.05) is 7.05 Å². The lowest BCUT2D eigenvalue weighted by atomic mass is 10.1. The Labute approximate surface area is 120 Å². The van der Waals surface area contributed by atoms with Crippen LogP contribution in [0.4, 0.5) is 0 Å². The number of benzene rings is 1. The molecule has 0 heterocycles. The topological polar surface area (TPSA) is 74.7 Å². The molecule has 0 saturated heterocycles. The van der Waals surface area contributed by atoms with Crippen LogP contribution in [-0.2, 0) is 10.0 Å². The third-order valence-electron chi connectivity index (χ3n) is 3.74. The van der Waals surface area contributed by atoms with Gasteiger partial charge in [-0.2, -0.15) is 4.31 Å². The summed E-state index contributed by atoms with van der Waals surface area (Å²) in [6.07, 6.45) is 0.687. The number of carboxylic acid groups (broad SMARTS) is 1. The van der Waals surface area contributed by atoms with E-state index in [1.54, 1.807) is 13.8 Å². The van der Waals surface area contributed by atoms with E-state index in [4.69, 9.17) is 5.11 Å². The standard InChI is InChI=1S/C14H21NO4S/c1-6-10(3)15(5)20(18,19)13-8-12(14(16)17)7-9(2)11(13)4/h7-8,10H,6H2,1-5H3,(H,16,17). The van der Waals surface area contributed by atoms with E-state index >= 15 is 0 Å². The highest BCUT2D eigenvalue weighted by atomic mass is 32.2. The fraction of sp³-hybridized carbons (Fsp3) is 0.500. The first-order valence-corrected chi connectivity index (χ1v) is 7.89. The van der Waals surface area contributed by atoms with Crippen molar-refractivity contribution in [2.45, 2.75) is 45.1 Å². The molecule has 1 aromatic rings. The van der Waals surface area contributed by atoms with E-state index in [-0.39, 0.29) is 16.5 Å². The van der Waals surface area contributed by atoms with Crippen LogP contribution in [0.15, 0.2) is 17.0 Å². The van der Waals surface area contributed by atoms with Crippen LogP contribution in [0.25, 0.3) is 0 Å². The molecule has 5 nitrogen and oxygen atoms in total. The summed E-state index contributed by atoms with van der Waals surface area (Å²) in [5.74, 6) is -1.13.